The minimum Gasteiger partial charge on any atom is -0.508 e. The molecule has 3 rings (SSSR count). The van der Waals surface area contributed by atoms with Gasteiger partial charge in [-0.05, 0) is 24.3 Å². The number of halogens is 2. The molecular weight excluding hydrogens is 399 g/mol. The Morgan fingerprint density at radius 3 is 2.65 bits per heavy atom. The predicted molar refractivity (Wildman–Crippen MR) is 106 cm³/mol. The predicted octanol–water partition coefficient (Wildman–Crippen LogP) is 5.36. The van der Waals surface area contributed by atoms with E-state index in [1.807, 2.05) is 0 Å². The summed E-state index contributed by atoms with van der Waals surface area (Å²) in [5.74, 6) is -0.374. The highest BCUT2D eigenvalue weighted by molar-refractivity contribution is 7.22. The summed E-state index contributed by atoms with van der Waals surface area (Å²) >= 11 is 13.0. The SMILES string of the molecule is C=C(O)c1cc2sc(N(C)C(=O)Nc3ccc(Cl)c(Cl)c3)cc2oc1=O. The number of nitrogens with zero attached hydrogens (tertiary/aromatic N) is 1. The zero-order chi connectivity index (χ0) is 19.0. The summed E-state index contributed by atoms with van der Waals surface area (Å²) in [6, 6.07) is 7.38. The van der Waals surface area contributed by atoms with Crippen LogP contribution < -0.4 is 15.8 Å². The Morgan fingerprint density at radius 2 is 2.00 bits per heavy atom. The van der Waals surface area contributed by atoms with Crippen LogP contribution in [-0.4, -0.2) is 18.2 Å². The molecule has 0 aliphatic rings. The molecule has 6 nitrogen and oxygen atoms in total. The van der Waals surface area contributed by atoms with Crippen molar-refractivity contribution < 1.29 is 14.3 Å². The number of urea groups is 1. The Labute approximate surface area is 161 Å². The van der Waals surface area contributed by atoms with Crippen LogP contribution in [0.15, 0.2) is 46.1 Å². The third-order valence-corrected chi connectivity index (χ3v) is 5.41. The molecular formula is C17H12Cl2N2O4S. The number of carbonyl (C=O) groups is 1. The van der Waals surface area contributed by atoms with E-state index in [1.54, 1.807) is 31.3 Å². The van der Waals surface area contributed by atoms with Crippen LogP contribution >= 0.6 is 34.5 Å². The molecule has 0 bridgehead atoms. The first-order valence-electron chi connectivity index (χ1n) is 7.22. The van der Waals surface area contributed by atoms with Gasteiger partial charge in [0.2, 0.25) is 0 Å². The largest absolute Gasteiger partial charge is 0.508 e. The Kier molecular flexibility index (Phi) is 4.95. The third-order valence-electron chi connectivity index (χ3n) is 3.53. The maximum Gasteiger partial charge on any atom is 0.347 e. The summed E-state index contributed by atoms with van der Waals surface area (Å²) in [5.41, 5.74) is 0.0861. The van der Waals surface area contributed by atoms with E-state index in [1.165, 1.54) is 22.3 Å². The van der Waals surface area contributed by atoms with Crippen LogP contribution in [0.1, 0.15) is 5.56 Å². The van der Waals surface area contributed by atoms with Crippen molar-refractivity contribution in [2.45, 2.75) is 0 Å². The normalized spacial score (nSPS) is 10.7. The van der Waals surface area contributed by atoms with Crippen LogP contribution in [0.5, 0.6) is 0 Å². The standard InChI is InChI=1S/C17H12Cl2N2O4S/c1-8(22)10-6-14-13(25-16(10)23)7-15(26-14)21(2)17(24)20-9-3-4-11(18)12(19)5-9/h3-7,22H,1H2,2H3,(H,20,24). The number of aliphatic hydroxyl groups is 1. The second kappa shape index (κ2) is 7.03. The van der Waals surface area contributed by atoms with Gasteiger partial charge in [0, 0.05) is 18.8 Å². The van der Waals surface area contributed by atoms with Crippen LogP contribution in [0.25, 0.3) is 16.0 Å². The first kappa shape index (κ1) is 18.3. The highest BCUT2D eigenvalue weighted by atomic mass is 35.5. The van der Waals surface area contributed by atoms with Crippen molar-refractivity contribution >= 4 is 67.3 Å². The molecule has 0 saturated heterocycles. The van der Waals surface area contributed by atoms with Crippen molar-refractivity contribution in [3.63, 3.8) is 0 Å². The van der Waals surface area contributed by atoms with Gasteiger partial charge in [-0.25, -0.2) is 9.59 Å². The van der Waals surface area contributed by atoms with Crippen LogP contribution in [0, 0.1) is 0 Å². The number of nitrogens with one attached hydrogen (secondary N) is 1. The highest BCUT2D eigenvalue weighted by Crippen LogP contribution is 2.33. The number of thiophene rings is 1. The molecule has 26 heavy (non-hydrogen) atoms. The molecule has 0 unspecified atom stereocenters. The Balaban J connectivity index is 1.87. The van der Waals surface area contributed by atoms with Gasteiger partial charge in [-0.15, -0.1) is 11.3 Å². The van der Waals surface area contributed by atoms with Gasteiger partial charge in [-0.1, -0.05) is 29.8 Å². The zero-order valence-corrected chi connectivity index (χ0v) is 15.7. The molecule has 2 aromatic heterocycles. The summed E-state index contributed by atoms with van der Waals surface area (Å²) < 4.78 is 5.75. The Bertz CT molecular complexity index is 1090. The molecule has 1 aromatic carbocycles. The van der Waals surface area contributed by atoms with E-state index in [0.717, 1.165) is 0 Å². The molecule has 0 atom stereocenters. The van der Waals surface area contributed by atoms with Crippen molar-refractivity contribution in [1.82, 2.24) is 0 Å². The molecule has 0 saturated carbocycles. The number of anilines is 2. The fraction of sp³-hybridized carbons (Fsp3) is 0.0588. The van der Waals surface area contributed by atoms with E-state index in [-0.39, 0.29) is 11.3 Å². The molecule has 0 aliphatic carbocycles. The summed E-state index contributed by atoms with van der Waals surface area (Å²) in [6.07, 6.45) is 0. The average molecular weight is 411 g/mol. The minimum absolute atomic E-state index is 0.0196. The lowest BCUT2D eigenvalue weighted by molar-refractivity contribution is 0.258. The lowest BCUT2D eigenvalue weighted by atomic mass is 10.2. The van der Waals surface area contributed by atoms with Crippen molar-refractivity contribution in [1.29, 1.82) is 0 Å². The van der Waals surface area contributed by atoms with Crippen LogP contribution in [0.2, 0.25) is 10.0 Å². The first-order valence-corrected chi connectivity index (χ1v) is 8.79. The lowest BCUT2D eigenvalue weighted by Gasteiger charge is -2.16. The van der Waals surface area contributed by atoms with E-state index in [9.17, 15) is 14.7 Å². The van der Waals surface area contributed by atoms with Gasteiger partial charge in [0.15, 0.2) is 5.58 Å². The van der Waals surface area contributed by atoms with Gasteiger partial charge in [0.1, 0.15) is 16.3 Å². The molecule has 9 heteroatoms. The van der Waals surface area contributed by atoms with Gasteiger partial charge >= 0.3 is 11.7 Å². The van der Waals surface area contributed by atoms with Gasteiger partial charge in [-0.2, -0.15) is 0 Å². The first-order chi connectivity index (χ1) is 12.3. The van der Waals surface area contributed by atoms with Crippen molar-refractivity contribution in [3.8, 4) is 0 Å². The second-order valence-electron chi connectivity index (χ2n) is 5.33. The summed E-state index contributed by atoms with van der Waals surface area (Å²) in [7, 11) is 1.57. The number of hydrogen-bond acceptors (Lipinski definition) is 5. The second-order valence-corrected chi connectivity index (χ2v) is 7.20. The summed E-state index contributed by atoms with van der Waals surface area (Å²) in [5, 5.41) is 13.4. The fourth-order valence-corrected chi connectivity index (χ4v) is 3.44. The van der Waals surface area contributed by atoms with E-state index in [4.69, 9.17) is 27.6 Å². The molecule has 0 spiro atoms. The van der Waals surface area contributed by atoms with Gasteiger partial charge in [-0.3, -0.25) is 4.90 Å². The summed E-state index contributed by atoms with van der Waals surface area (Å²) in [6.45, 7) is 3.33. The highest BCUT2D eigenvalue weighted by Gasteiger charge is 2.17. The number of hydrogen-bond donors (Lipinski definition) is 2. The fourth-order valence-electron chi connectivity index (χ4n) is 2.15. The molecule has 0 radical (unpaired) electrons. The van der Waals surface area contributed by atoms with Gasteiger partial charge in [0.05, 0.1) is 14.7 Å². The van der Waals surface area contributed by atoms with Crippen molar-refractivity contribution in [2.24, 2.45) is 0 Å². The topological polar surface area (TPSA) is 82.8 Å². The number of carbonyl (C=O) groups excluding carboxylic acids is 1. The van der Waals surface area contributed by atoms with E-state index >= 15 is 0 Å². The average Bonchev–Trinajstić information content (AvgIpc) is 2.99. The maximum atomic E-state index is 12.4. The minimum atomic E-state index is -0.697. The summed E-state index contributed by atoms with van der Waals surface area (Å²) in [4.78, 5) is 25.6. The molecule has 2 heterocycles. The molecule has 2 N–H and O–H groups in total. The van der Waals surface area contributed by atoms with E-state index < -0.39 is 11.7 Å². The monoisotopic (exact) mass is 410 g/mol. The van der Waals surface area contributed by atoms with Crippen molar-refractivity contribution in [3.05, 3.63) is 62.9 Å². The van der Waals surface area contributed by atoms with E-state index in [2.05, 4.69) is 11.9 Å². The molecule has 3 aromatic rings. The van der Waals surface area contributed by atoms with Crippen molar-refractivity contribution in [2.75, 3.05) is 17.3 Å². The Hall–Kier alpha value is -2.48. The molecule has 134 valence electrons. The Morgan fingerprint density at radius 1 is 1.27 bits per heavy atom. The molecule has 0 fully saturated rings. The quantitative estimate of drug-likeness (QED) is 0.569. The van der Waals surface area contributed by atoms with Crippen LogP contribution in [-0.2, 0) is 0 Å². The third kappa shape index (κ3) is 3.55. The van der Waals surface area contributed by atoms with Gasteiger partial charge in [0.25, 0.3) is 0 Å². The van der Waals surface area contributed by atoms with Crippen LogP contribution in [0.3, 0.4) is 0 Å². The number of fused-ring (bicyclic) bond motifs is 1. The number of rotatable bonds is 3. The molecule has 2 amide bonds. The van der Waals surface area contributed by atoms with Gasteiger partial charge < -0.3 is 14.8 Å². The smallest absolute Gasteiger partial charge is 0.347 e. The molecule has 0 aliphatic heterocycles. The van der Waals surface area contributed by atoms with Crippen LogP contribution in [0.4, 0.5) is 15.5 Å². The number of benzene rings is 1. The lowest BCUT2D eigenvalue weighted by Crippen LogP contribution is -2.30. The maximum absolute atomic E-state index is 12.4. The number of aliphatic hydroxyl groups excluding tert-OH is 1. The van der Waals surface area contributed by atoms with E-state index in [0.29, 0.717) is 31.0 Å². The number of amides is 2. The zero-order valence-electron chi connectivity index (χ0n) is 13.4.